The minimum absolute atomic E-state index is 0.623. The van der Waals surface area contributed by atoms with Crippen molar-refractivity contribution in [1.82, 2.24) is 19.4 Å². The summed E-state index contributed by atoms with van der Waals surface area (Å²) in [5.74, 6) is 2.91. The Kier molecular flexibility index (Phi) is 4.13. The zero-order valence-corrected chi connectivity index (χ0v) is 13.1. The Morgan fingerprint density at radius 3 is 2.80 bits per heavy atom. The molecule has 112 valence electrons. The van der Waals surface area contributed by atoms with E-state index in [0.717, 1.165) is 19.0 Å². The molecule has 1 fully saturated rings. The highest BCUT2D eigenvalue weighted by atomic mass is 15.2. The van der Waals surface area contributed by atoms with Gasteiger partial charge in [-0.15, -0.1) is 0 Å². The fourth-order valence-corrected chi connectivity index (χ4v) is 3.16. The van der Waals surface area contributed by atoms with Gasteiger partial charge in [-0.1, -0.05) is 0 Å². The average molecular weight is 276 g/mol. The Hall–Kier alpha value is -0.870. The highest BCUT2D eigenvalue weighted by molar-refractivity contribution is 4.96. The van der Waals surface area contributed by atoms with Crippen molar-refractivity contribution in [3.8, 4) is 0 Å². The second kappa shape index (κ2) is 5.86. The van der Waals surface area contributed by atoms with E-state index in [0.29, 0.717) is 12.0 Å². The molecule has 4 nitrogen and oxygen atoms in total. The van der Waals surface area contributed by atoms with E-state index in [2.05, 4.69) is 46.4 Å². The number of aromatic nitrogens is 2. The van der Waals surface area contributed by atoms with Crippen molar-refractivity contribution in [2.45, 2.75) is 45.8 Å². The summed E-state index contributed by atoms with van der Waals surface area (Å²) in [6, 6.07) is 0.623. The summed E-state index contributed by atoms with van der Waals surface area (Å²) in [5, 5.41) is 0. The molecule has 3 rings (SSSR count). The highest BCUT2D eigenvalue weighted by Crippen LogP contribution is 2.31. The Morgan fingerprint density at radius 1 is 1.30 bits per heavy atom. The van der Waals surface area contributed by atoms with Crippen LogP contribution in [0.2, 0.25) is 0 Å². The summed E-state index contributed by atoms with van der Waals surface area (Å²) < 4.78 is 2.37. The lowest BCUT2D eigenvalue weighted by Gasteiger charge is -2.29. The summed E-state index contributed by atoms with van der Waals surface area (Å²) in [6.07, 6.45) is 6.97. The standard InChI is InChI=1S/C16H28N4/c1-13(2)18(3)8-15-10-19(9-14-4-5-14)12-16-17-6-7-20(16)11-15/h6-7,13-15H,4-5,8-12H2,1-3H3. The molecule has 0 aromatic carbocycles. The molecule has 1 aliphatic heterocycles. The van der Waals surface area contributed by atoms with Gasteiger partial charge in [0.15, 0.2) is 0 Å². The molecule has 0 radical (unpaired) electrons. The number of fused-ring (bicyclic) bond motifs is 1. The minimum Gasteiger partial charge on any atom is -0.333 e. The molecule has 1 aliphatic carbocycles. The maximum Gasteiger partial charge on any atom is 0.122 e. The lowest BCUT2D eigenvalue weighted by atomic mass is 10.1. The number of nitrogens with zero attached hydrogens (tertiary/aromatic N) is 4. The van der Waals surface area contributed by atoms with E-state index in [1.54, 1.807) is 0 Å². The second-order valence-corrected chi connectivity index (χ2v) is 7.03. The number of hydrogen-bond acceptors (Lipinski definition) is 3. The van der Waals surface area contributed by atoms with Gasteiger partial charge in [-0.3, -0.25) is 4.90 Å². The van der Waals surface area contributed by atoms with E-state index in [-0.39, 0.29) is 0 Å². The molecule has 1 unspecified atom stereocenters. The van der Waals surface area contributed by atoms with Gasteiger partial charge in [-0.2, -0.15) is 0 Å². The Balaban J connectivity index is 1.69. The molecular weight excluding hydrogens is 248 g/mol. The van der Waals surface area contributed by atoms with Crippen LogP contribution in [0.1, 0.15) is 32.5 Å². The Morgan fingerprint density at radius 2 is 2.10 bits per heavy atom. The third-order valence-corrected chi connectivity index (χ3v) is 4.78. The molecule has 0 N–H and O–H groups in total. The third-order valence-electron chi connectivity index (χ3n) is 4.78. The van der Waals surface area contributed by atoms with Crippen LogP contribution < -0.4 is 0 Å². The van der Waals surface area contributed by atoms with Gasteiger partial charge < -0.3 is 9.47 Å². The normalized spacial score (nSPS) is 24.1. The summed E-state index contributed by atoms with van der Waals surface area (Å²) in [6.45, 7) is 10.4. The lowest BCUT2D eigenvalue weighted by Crippen LogP contribution is -2.38. The summed E-state index contributed by atoms with van der Waals surface area (Å²) in [7, 11) is 2.25. The van der Waals surface area contributed by atoms with Crippen molar-refractivity contribution >= 4 is 0 Å². The van der Waals surface area contributed by atoms with Crippen LogP contribution in [0.25, 0.3) is 0 Å². The quantitative estimate of drug-likeness (QED) is 0.823. The van der Waals surface area contributed by atoms with Crippen LogP contribution in [0, 0.1) is 11.8 Å². The fraction of sp³-hybridized carbons (Fsp3) is 0.812. The third kappa shape index (κ3) is 3.41. The van der Waals surface area contributed by atoms with Gasteiger partial charge in [0, 0.05) is 50.5 Å². The monoisotopic (exact) mass is 276 g/mol. The van der Waals surface area contributed by atoms with Crippen molar-refractivity contribution < 1.29 is 0 Å². The van der Waals surface area contributed by atoms with Crippen LogP contribution in [0.5, 0.6) is 0 Å². The smallest absolute Gasteiger partial charge is 0.122 e. The van der Waals surface area contributed by atoms with E-state index in [1.165, 1.54) is 38.3 Å². The van der Waals surface area contributed by atoms with Crippen molar-refractivity contribution in [3.05, 3.63) is 18.2 Å². The van der Waals surface area contributed by atoms with Gasteiger partial charge >= 0.3 is 0 Å². The van der Waals surface area contributed by atoms with Gasteiger partial charge in [0.2, 0.25) is 0 Å². The molecule has 2 aliphatic rings. The SMILES string of the molecule is CC(C)N(C)CC1CN(CC2CC2)Cc2nccn2C1. The average Bonchev–Trinajstić information content (AvgIpc) is 3.13. The Bertz CT molecular complexity index is 435. The first kappa shape index (κ1) is 14.1. The number of rotatable bonds is 5. The minimum atomic E-state index is 0.623. The number of hydrogen-bond donors (Lipinski definition) is 0. The molecule has 0 spiro atoms. The van der Waals surface area contributed by atoms with E-state index in [4.69, 9.17) is 0 Å². The molecule has 2 heterocycles. The van der Waals surface area contributed by atoms with E-state index >= 15 is 0 Å². The molecule has 1 saturated carbocycles. The van der Waals surface area contributed by atoms with Gasteiger partial charge in [0.25, 0.3) is 0 Å². The molecule has 0 amide bonds. The maximum atomic E-state index is 4.55. The summed E-state index contributed by atoms with van der Waals surface area (Å²) in [4.78, 5) is 9.67. The van der Waals surface area contributed by atoms with Crippen LogP contribution in [0.3, 0.4) is 0 Å². The van der Waals surface area contributed by atoms with Gasteiger partial charge in [0.05, 0.1) is 6.54 Å². The first-order valence-electron chi connectivity index (χ1n) is 8.04. The summed E-state index contributed by atoms with van der Waals surface area (Å²) in [5.41, 5.74) is 0. The van der Waals surface area contributed by atoms with Crippen LogP contribution in [-0.2, 0) is 13.1 Å². The topological polar surface area (TPSA) is 24.3 Å². The predicted molar refractivity (Wildman–Crippen MR) is 81.5 cm³/mol. The zero-order chi connectivity index (χ0) is 14.1. The molecule has 4 heteroatoms. The van der Waals surface area contributed by atoms with E-state index < -0.39 is 0 Å². The van der Waals surface area contributed by atoms with Crippen LogP contribution in [0.15, 0.2) is 12.4 Å². The molecule has 1 aromatic rings. The molecule has 1 aromatic heterocycles. The van der Waals surface area contributed by atoms with Crippen molar-refractivity contribution in [2.24, 2.45) is 11.8 Å². The number of imidazole rings is 1. The Labute approximate surface area is 122 Å². The molecule has 20 heavy (non-hydrogen) atoms. The predicted octanol–water partition coefficient (Wildman–Crippen LogP) is 2.07. The highest BCUT2D eigenvalue weighted by Gasteiger charge is 2.29. The van der Waals surface area contributed by atoms with Gasteiger partial charge in [-0.25, -0.2) is 4.98 Å². The first-order valence-corrected chi connectivity index (χ1v) is 8.04. The molecule has 0 saturated heterocycles. The second-order valence-electron chi connectivity index (χ2n) is 7.03. The first-order chi connectivity index (χ1) is 9.61. The van der Waals surface area contributed by atoms with Crippen molar-refractivity contribution in [1.29, 1.82) is 0 Å². The summed E-state index contributed by atoms with van der Waals surface area (Å²) >= 11 is 0. The van der Waals surface area contributed by atoms with Gasteiger partial charge in [0.1, 0.15) is 5.82 Å². The molecular formula is C16H28N4. The van der Waals surface area contributed by atoms with E-state index in [1.807, 2.05) is 6.20 Å². The fourth-order valence-electron chi connectivity index (χ4n) is 3.16. The zero-order valence-electron chi connectivity index (χ0n) is 13.1. The van der Waals surface area contributed by atoms with Crippen LogP contribution in [-0.4, -0.2) is 52.1 Å². The van der Waals surface area contributed by atoms with E-state index in [9.17, 15) is 0 Å². The van der Waals surface area contributed by atoms with Crippen LogP contribution in [0.4, 0.5) is 0 Å². The van der Waals surface area contributed by atoms with Gasteiger partial charge in [-0.05, 0) is 39.7 Å². The largest absolute Gasteiger partial charge is 0.333 e. The van der Waals surface area contributed by atoms with Crippen molar-refractivity contribution in [3.63, 3.8) is 0 Å². The van der Waals surface area contributed by atoms with Crippen molar-refractivity contribution in [2.75, 3.05) is 26.7 Å². The maximum absolute atomic E-state index is 4.55. The molecule has 0 bridgehead atoms. The molecule has 1 atom stereocenters. The van der Waals surface area contributed by atoms with Crippen LogP contribution >= 0.6 is 0 Å². The lowest BCUT2D eigenvalue weighted by molar-refractivity contribution is 0.167.